The van der Waals surface area contributed by atoms with Crippen LogP contribution in [0.3, 0.4) is 0 Å². The minimum Gasteiger partial charge on any atom is -0.467 e. The molecule has 94 valence electrons. The third-order valence-electron chi connectivity index (χ3n) is 2.82. The van der Waals surface area contributed by atoms with Gasteiger partial charge in [0.25, 0.3) is 0 Å². The molecule has 0 saturated carbocycles. The SMILES string of the molecule is CCOC(=O)c1ccoc1CN1CCNCC1. The van der Waals surface area contributed by atoms with Crippen LogP contribution in [0.15, 0.2) is 16.7 Å². The van der Waals surface area contributed by atoms with E-state index in [1.165, 1.54) is 0 Å². The zero-order valence-electron chi connectivity index (χ0n) is 10.1. The monoisotopic (exact) mass is 238 g/mol. The standard InChI is InChI=1S/C12H18N2O3/c1-2-16-12(15)10-3-8-17-11(10)9-14-6-4-13-5-7-14/h3,8,13H,2,4-7,9H2,1H3. The Morgan fingerprint density at radius 1 is 1.53 bits per heavy atom. The fourth-order valence-electron chi connectivity index (χ4n) is 1.93. The fourth-order valence-corrected chi connectivity index (χ4v) is 1.93. The van der Waals surface area contributed by atoms with Crippen molar-refractivity contribution in [2.75, 3.05) is 32.8 Å². The summed E-state index contributed by atoms with van der Waals surface area (Å²) in [6.07, 6.45) is 1.55. The van der Waals surface area contributed by atoms with E-state index in [-0.39, 0.29) is 5.97 Å². The van der Waals surface area contributed by atoms with Gasteiger partial charge in [-0.25, -0.2) is 4.79 Å². The van der Waals surface area contributed by atoms with E-state index in [4.69, 9.17) is 9.15 Å². The van der Waals surface area contributed by atoms with Crippen molar-refractivity contribution in [3.63, 3.8) is 0 Å². The van der Waals surface area contributed by atoms with Gasteiger partial charge in [0.1, 0.15) is 11.3 Å². The van der Waals surface area contributed by atoms with Crippen molar-refractivity contribution in [2.45, 2.75) is 13.5 Å². The van der Waals surface area contributed by atoms with E-state index in [1.54, 1.807) is 19.3 Å². The minimum absolute atomic E-state index is 0.300. The zero-order chi connectivity index (χ0) is 12.1. The molecule has 2 rings (SSSR count). The lowest BCUT2D eigenvalue weighted by atomic mass is 10.2. The summed E-state index contributed by atoms with van der Waals surface area (Å²) in [5.74, 6) is 0.400. The molecule has 1 aromatic heterocycles. The number of hydrogen-bond acceptors (Lipinski definition) is 5. The molecule has 1 saturated heterocycles. The van der Waals surface area contributed by atoms with E-state index in [9.17, 15) is 4.79 Å². The Morgan fingerprint density at radius 2 is 2.29 bits per heavy atom. The van der Waals surface area contributed by atoms with Crippen molar-refractivity contribution in [1.82, 2.24) is 10.2 Å². The summed E-state index contributed by atoms with van der Waals surface area (Å²) in [6, 6.07) is 1.68. The molecular formula is C12H18N2O3. The van der Waals surface area contributed by atoms with Crippen LogP contribution in [0.5, 0.6) is 0 Å². The Kier molecular flexibility index (Phi) is 4.17. The Hall–Kier alpha value is -1.33. The summed E-state index contributed by atoms with van der Waals surface area (Å²) >= 11 is 0. The summed E-state index contributed by atoms with van der Waals surface area (Å²) in [5, 5.41) is 3.29. The number of hydrogen-bond donors (Lipinski definition) is 1. The highest BCUT2D eigenvalue weighted by molar-refractivity contribution is 5.90. The average Bonchev–Trinajstić information content (AvgIpc) is 2.79. The van der Waals surface area contributed by atoms with E-state index in [0.717, 1.165) is 26.2 Å². The molecule has 0 radical (unpaired) electrons. The van der Waals surface area contributed by atoms with Crippen molar-refractivity contribution in [2.24, 2.45) is 0 Å². The van der Waals surface area contributed by atoms with Gasteiger partial charge in [0.05, 0.1) is 19.4 Å². The molecule has 2 heterocycles. The first-order valence-corrected chi connectivity index (χ1v) is 5.98. The van der Waals surface area contributed by atoms with Gasteiger partial charge in [-0.15, -0.1) is 0 Å². The number of nitrogens with one attached hydrogen (secondary N) is 1. The van der Waals surface area contributed by atoms with Crippen LogP contribution >= 0.6 is 0 Å². The van der Waals surface area contributed by atoms with E-state index < -0.39 is 0 Å². The first kappa shape index (κ1) is 12.1. The van der Waals surface area contributed by atoms with Crippen LogP contribution in [-0.2, 0) is 11.3 Å². The van der Waals surface area contributed by atoms with Gasteiger partial charge in [-0.3, -0.25) is 4.90 Å². The zero-order valence-corrected chi connectivity index (χ0v) is 10.1. The Bertz CT molecular complexity index is 370. The molecule has 1 aliphatic heterocycles. The molecular weight excluding hydrogens is 220 g/mol. The first-order valence-electron chi connectivity index (χ1n) is 5.98. The topological polar surface area (TPSA) is 54.7 Å². The number of nitrogens with zero attached hydrogens (tertiary/aromatic N) is 1. The first-order chi connectivity index (χ1) is 8.31. The normalized spacial score (nSPS) is 17.0. The highest BCUT2D eigenvalue weighted by Crippen LogP contribution is 2.15. The van der Waals surface area contributed by atoms with Crippen LogP contribution in [0.25, 0.3) is 0 Å². The number of esters is 1. The van der Waals surface area contributed by atoms with Crippen molar-refractivity contribution in [1.29, 1.82) is 0 Å². The summed E-state index contributed by atoms with van der Waals surface area (Å²) in [6.45, 7) is 6.77. The molecule has 0 atom stereocenters. The number of carbonyl (C=O) groups excluding carboxylic acids is 1. The molecule has 5 heteroatoms. The lowest BCUT2D eigenvalue weighted by molar-refractivity contribution is 0.0521. The number of ether oxygens (including phenoxy) is 1. The maximum absolute atomic E-state index is 11.7. The highest BCUT2D eigenvalue weighted by atomic mass is 16.5. The Labute approximate surface area is 101 Å². The molecule has 1 fully saturated rings. The number of rotatable bonds is 4. The predicted octanol–water partition coefficient (Wildman–Crippen LogP) is 0.861. The molecule has 0 amide bonds. The van der Waals surface area contributed by atoms with Crippen LogP contribution < -0.4 is 5.32 Å². The lowest BCUT2D eigenvalue weighted by Gasteiger charge is -2.26. The van der Waals surface area contributed by atoms with Gasteiger partial charge in [-0.1, -0.05) is 0 Å². The van der Waals surface area contributed by atoms with Crippen molar-refractivity contribution >= 4 is 5.97 Å². The summed E-state index contributed by atoms with van der Waals surface area (Å²) in [5.41, 5.74) is 0.547. The molecule has 0 aromatic carbocycles. The number of carbonyl (C=O) groups is 1. The second-order valence-electron chi connectivity index (χ2n) is 4.00. The van der Waals surface area contributed by atoms with E-state index in [0.29, 0.717) is 24.5 Å². The van der Waals surface area contributed by atoms with Crippen molar-refractivity contribution in [3.8, 4) is 0 Å². The summed E-state index contributed by atoms with van der Waals surface area (Å²) in [4.78, 5) is 13.9. The van der Waals surface area contributed by atoms with Crippen LogP contribution in [0, 0.1) is 0 Å². The Morgan fingerprint density at radius 3 is 3.00 bits per heavy atom. The maximum Gasteiger partial charge on any atom is 0.341 e. The highest BCUT2D eigenvalue weighted by Gasteiger charge is 2.19. The molecule has 17 heavy (non-hydrogen) atoms. The van der Waals surface area contributed by atoms with Gasteiger partial charge in [0, 0.05) is 26.2 Å². The number of furan rings is 1. The van der Waals surface area contributed by atoms with Gasteiger partial charge in [0.2, 0.25) is 0 Å². The number of piperazine rings is 1. The quantitative estimate of drug-likeness (QED) is 0.788. The van der Waals surface area contributed by atoms with Gasteiger partial charge in [0.15, 0.2) is 0 Å². The third-order valence-corrected chi connectivity index (χ3v) is 2.82. The largest absolute Gasteiger partial charge is 0.467 e. The molecule has 1 aliphatic rings. The van der Waals surface area contributed by atoms with Crippen molar-refractivity contribution in [3.05, 3.63) is 23.7 Å². The fraction of sp³-hybridized carbons (Fsp3) is 0.583. The van der Waals surface area contributed by atoms with Crippen molar-refractivity contribution < 1.29 is 13.9 Å². The maximum atomic E-state index is 11.7. The molecule has 5 nitrogen and oxygen atoms in total. The molecule has 0 unspecified atom stereocenters. The Balaban J connectivity index is 2.00. The van der Waals surface area contributed by atoms with E-state index >= 15 is 0 Å². The average molecular weight is 238 g/mol. The second kappa shape index (κ2) is 5.84. The van der Waals surface area contributed by atoms with Crippen LogP contribution in [-0.4, -0.2) is 43.7 Å². The minimum atomic E-state index is -0.300. The van der Waals surface area contributed by atoms with Gasteiger partial charge in [-0.2, -0.15) is 0 Å². The van der Waals surface area contributed by atoms with Crippen LogP contribution in [0.2, 0.25) is 0 Å². The second-order valence-corrected chi connectivity index (χ2v) is 4.00. The van der Waals surface area contributed by atoms with E-state index in [2.05, 4.69) is 10.2 Å². The van der Waals surface area contributed by atoms with Gasteiger partial charge < -0.3 is 14.5 Å². The molecule has 0 bridgehead atoms. The predicted molar refractivity (Wildman–Crippen MR) is 62.8 cm³/mol. The molecule has 0 aliphatic carbocycles. The van der Waals surface area contributed by atoms with Crippen LogP contribution in [0.1, 0.15) is 23.0 Å². The summed E-state index contributed by atoms with van der Waals surface area (Å²) in [7, 11) is 0. The van der Waals surface area contributed by atoms with E-state index in [1.807, 2.05) is 0 Å². The smallest absolute Gasteiger partial charge is 0.341 e. The summed E-state index contributed by atoms with van der Waals surface area (Å²) < 4.78 is 10.4. The third kappa shape index (κ3) is 3.08. The van der Waals surface area contributed by atoms with Gasteiger partial charge in [-0.05, 0) is 13.0 Å². The molecule has 1 N–H and O–H groups in total. The lowest BCUT2D eigenvalue weighted by Crippen LogP contribution is -2.43. The molecule has 1 aromatic rings. The van der Waals surface area contributed by atoms with Crippen LogP contribution in [0.4, 0.5) is 0 Å². The molecule has 0 spiro atoms. The van der Waals surface area contributed by atoms with Gasteiger partial charge >= 0.3 is 5.97 Å².